The molecule has 0 aliphatic rings. The van der Waals surface area contributed by atoms with Gasteiger partial charge in [-0.05, 0) is 30.5 Å². The van der Waals surface area contributed by atoms with Gasteiger partial charge in [-0.2, -0.15) is 0 Å². The quantitative estimate of drug-likeness (QED) is 0.876. The van der Waals surface area contributed by atoms with Crippen LogP contribution in [0.1, 0.15) is 23.6 Å². The third-order valence-corrected chi connectivity index (χ3v) is 3.39. The van der Waals surface area contributed by atoms with Crippen molar-refractivity contribution in [1.29, 1.82) is 0 Å². The van der Waals surface area contributed by atoms with E-state index < -0.39 is 9.84 Å². The highest BCUT2D eigenvalue weighted by atomic mass is 32.2. The monoisotopic (exact) mass is 245 g/mol. The van der Waals surface area contributed by atoms with E-state index in [9.17, 15) is 12.8 Å². The number of halogens is 1. The lowest BCUT2D eigenvalue weighted by Gasteiger charge is -2.12. The van der Waals surface area contributed by atoms with Crippen LogP contribution in [-0.2, 0) is 9.84 Å². The van der Waals surface area contributed by atoms with Crippen molar-refractivity contribution in [3.8, 4) is 0 Å². The second-order valence-corrected chi connectivity index (χ2v) is 6.29. The fourth-order valence-electron chi connectivity index (χ4n) is 1.41. The van der Waals surface area contributed by atoms with Crippen molar-refractivity contribution in [1.82, 2.24) is 0 Å². The summed E-state index contributed by atoms with van der Waals surface area (Å²) in [5, 5.41) is 0. The first-order chi connectivity index (χ1) is 7.29. The van der Waals surface area contributed by atoms with E-state index in [4.69, 9.17) is 5.73 Å². The molecular weight excluding hydrogens is 229 g/mol. The second kappa shape index (κ2) is 4.93. The summed E-state index contributed by atoms with van der Waals surface area (Å²) in [6.07, 6.45) is 1.53. The highest BCUT2D eigenvalue weighted by Crippen LogP contribution is 2.17. The summed E-state index contributed by atoms with van der Waals surface area (Å²) in [6, 6.07) is 4.23. The van der Waals surface area contributed by atoms with Crippen molar-refractivity contribution < 1.29 is 12.8 Å². The molecule has 5 heteroatoms. The predicted molar refractivity (Wildman–Crippen MR) is 62.4 cm³/mol. The van der Waals surface area contributed by atoms with Gasteiger partial charge in [0.25, 0.3) is 0 Å². The van der Waals surface area contributed by atoms with Gasteiger partial charge in [0, 0.05) is 12.3 Å². The maximum atomic E-state index is 13.0. The number of aryl methyl sites for hydroxylation is 1. The average molecular weight is 245 g/mol. The van der Waals surface area contributed by atoms with E-state index in [0.717, 1.165) is 5.56 Å². The van der Waals surface area contributed by atoms with Crippen LogP contribution in [0.25, 0.3) is 0 Å². The molecule has 1 rings (SSSR count). The number of hydrogen-bond acceptors (Lipinski definition) is 3. The highest BCUT2D eigenvalue weighted by molar-refractivity contribution is 7.90. The smallest absolute Gasteiger partial charge is 0.147 e. The Hall–Kier alpha value is -0.940. The zero-order valence-corrected chi connectivity index (χ0v) is 10.2. The normalized spacial score (nSPS) is 13.8. The molecule has 0 aliphatic heterocycles. The Bertz CT molecular complexity index is 471. The fourth-order valence-corrected chi connectivity index (χ4v) is 2.09. The van der Waals surface area contributed by atoms with E-state index in [1.807, 2.05) is 0 Å². The van der Waals surface area contributed by atoms with Crippen molar-refractivity contribution >= 4 is 9.84 Å². The van der Waals surface area contributed by atoms with Gasteiger partial charge in [0.15, 0.2) is 0 Å². The first-order valence-corrected chi connectivity index (χ1v) is 7.05. The zero-order chi connectivity index (χ0) is 12.3. The summed E-state index contributed by atoms with van der Waals surface area (Å²) in [7, 11) is -3.00. The molecule has 1 unspecified atom stereocenters. The second-order valence-electron chi connectivity index (χ2n) is 4.03. The highest BCUT2D eigenvalue weighted by Gasteiger charge is 2.11. The molecule has 0 saturated carbocycles. The molecule has 90 valence electrons. The lowest BCUT2D eigenvalue weighted by atomic mass is 10.0. The van der Waals surface area contributed by atoms with E-state index in [1.54, 1.807) is 19.1 Å². The van der Waals surface area contributed by atoms with Crippen LogP contribution in [0.15, 0.2) is 18.2 Å². The Labute approximate surface area is 95.4 Å². The van der Waals surface area contributed by atoms with Crippen LogP contribution < -0.4 is 5.73 Å². The van der Waals surface area contributed by atoms with Crippen molar-refractivity contribution in [2.75, 3.05) is 12.0 Å². The van der Waals surface area contributed by atoms with Crippen LogP contribution in [0.5, 0.6) is 0 Å². The van der Waals surface area contributed by atoms with Gasteiger partial charge in [0.05, 0.1) is 5.75 Å². The van der Waals surface area contributed by atoms with Gasteiger partial charge in [0.2, 0.25) is 0 Å². The van der Waals surface area contributed by atoms with E-state index in [-0.39, 0.29) is 17.6 Å². The fraction of sp³-hybridized carbons (Fsp3) is 0.455. The lowest BCUT2D eigenvalue weighted by molar-refractivity contribution is 0.590. The third-order valence-electron chi connectivity index (χ3n) is 2.41. The molecule has 3 nitrogen and oxygen atoms in total. The first-order valence-electron chi connectivity index (χ1n) is 4.99. The maximum Gasteiger partial charge on any atom is 0.147 e. The summed E-state index contributed by atoms with van der Waals surface area (Å²) in [4.78, 5) is 0. The Balaban J connectivity index is 2.73. The van der Waals surface area contributed by atoms with Crippen molar-refractivity contribution in [3.05, 3.63) is 35.1 Å². The maximum absolute atomic E-state index is 13.0. The lowest BCUT2D eigenvalue weighted by Crippen LogP contribution is -2.15. The standard InChI is InChI=1S/C11H16FNO2S/c1-8-7-9(3-4-10(8)12)11(13)5-6-16(2,14)15/h3-4,7,11H,5-6,13H2,1-2H3. The predicted octanol–water partition coefficient (Wildman–Crippen LogP) is 1.57. The molecule has 0 bridgehead atoms. The SMILES string of the molecule is Cc1cc(C(N)CCS(C)(=O)=O)ccc1F. The van der Waals surface area contributed by atoms with Crippen LogP contribution in [0.2, 0.25) is 0 Å². The molecule has 1 aromatic carbocycles. The van der Waals surface area contributed by atoms with Gasteiger partial charge < -0.3 is 5.73 Å². The Morgan fingerprint density at radius 3 is 2.56 bits per heavy atom. The van der Waals surface area contributed by atoms with Gasteiger partial charge in [-0.15, -0.1) is 0 Å². The Morgan fingerprint density at radius 1 is 1.44 bits per heavy atom. The molecule has 0 fully saturated rings. The number of sulfone groups is 1. The molecule has 0 radical (unpaired) electrons. The van der Waals surface area contributed by atoms with Crippen molar-refractivity contribution in [3.63, 3.8) is 0 Å². The number of hydrogen-bond donors (Lipinski definition) is 1. The summed E-state index contributed by atoms with van der Waals surface area (Å²) in [5.41, 5.74) is 7.12. The molecule has 1 aromatic rings. The topological polar surface area (TPSA) is 60.2 Å². The molecule has 0 aliphatic carbocycles. The van der Waals surface area contributed by atoms with Crippen LogP contribution in [0, 0.1) is 12.7 Å². The Morgan fingerprint density at radius 2 is 2.06 bits per heavy atom. The van der Waals surface area contributed by atoms with Crippen LogP contribution in [0.4, 0.5) is 4.39 Å². The van der Waals surface area contributed by atoms with Gasteiger partial charge in [-0.3, -0.25) is 0 Å². The minimum Gasteiger partial charge on any atom is -0.324 e. The van der Waals surface area contributed by atoms with Gasteiger partial charge in [0.1, 0.15) is 15.7 Å². The summed E-state index contributed by atoms with van der Waals surface area (Å²) in [6.45, 7) is 1.65. The zero-order valence-electron chi connectivity index (χ0n) is 9.40. The molecular formula is C11H16FNO2S. The van der Waals surface area contributed by atoms with Gasteiger partial charge in [-0.1, -0.05) is 12.1 Å². The molecule has 0 saturated heterocycles. The minimum atomic E-state index is -3.00. The number of nitrogens with two attached hydrogens (primary N) is 1. The molecule has 0 spiro atoms. The van der Waals surface area contributed by atoms with E-state index >= 15 is 0 Å². The number of rotatable bonds is 4. The first kappa shape index (κ1) is 13.1. The molecule has 0 amide bonds. The largest absolute Gasteiger partial charge is 0.324 e. The van der Waals surface area contributed by atoms with Gasteiger partial charge >= 0.3 is 0 Å². The van der Waals surface area contributed by atoms with Gasteiger partial charge in [-0.25, -0.2) is 12.8 Å². The third kappa shape index (κ3) is 3.90. The summed E-state index contributed by atoms with van der Waals surface area (Å²) >= 11 is 0. The Kier molecular flexibility index (Phi) is 4.04. The van der Waals surface area contributed by atoms with Crippen LogP contribution in [0.3, 0.4) is 0 Å². The molecule has 0 heterocycles. The van der Waals surface area contributed by atoms with E-state index in [2.05, 4.69) is 0 Å². The van der Waals surface area contributed by atoms with Crippen molar-refractivity contribution in [2.24, 2.45) is 5.73 Å². The van der Waals surface area contributed by atoms with Crippen molar-refractivity contribution in [2.45, 2.75) is 19.4 Å². The molecule has 16 heavy (non-hydrogen) atoms. The molecule has 0 aromatic heterocycles. The molecule has 2 N–H and O–H groups in total. The summed E-state index contributed by atoms with van der Waals surface area (Å²) < 4.78 is 34.9. The summed E-state index contributed by atoms with van der Waals surface area (Å²) in [5.74, 6) is -0.232. The van der Waals surface area contributed by atoms with Crippen LogP contribution in [-0.4, -0.2) is 20.4 Å². The van der Waals surface area contributed by atoms with E-state index in [0.29, 0.717) is 12.0 Å². The average Bonchev–Trinajstić information content (AvgIpc) is 2.17. The number of benzene rings is 1. The minimum absolute atomic E-state index is 0.0462. The van der Waals surface area contributed by atoms with Crippen LogP contribution >= 0.6 is 0 Å². The van der Waals surface area contributed by atoms with E-state index in [1.165, 1.54) is 12.3 Å². The molecule has 1 atom stereocenters.